The molecule has 0 bridgehead atoms. The molecule has 0 saturated heterocycles. The summed E-state index contributed by atoms with van der Waals surface area (Å²) in [5, 5.41) is 0. The summed E-state index contributed by atoms with van der Waals surface area (Å²) in [6.45, 7) is 0. The van der Waals surface area contributed by atoms with Crippen molar-refractivity contribution in [3.63, 3.8) is 0 Å². The first kappa shape index (κ1) is 14.2. The van der Waals surface area contributed by atoms with E-state index in [0.717, 1.165) is 5.56 Å². The number of methoxy groups -OCH3 is 2. The fourth-order valence-corrected chi connectivity index (χ4v) is 1.85. The van der Waals surface area contributed by atoms with Crippen LogP contribution in [0.3, 0.4) is 0 Å². The van der Waals surface area contributed by atoms with E-state index in [1.54, 1.807) is 38.9 Å². The van der Waals surface area contributed by atoms with E-state index in [-0.39, 0.29) is 6.04 Å². The number of nitrogens with one attached hydrogen (secondary N) is 1. The molecule has 0 aliphatic carbocycles. The number of nitrogens with two attached hydrogens (primary N) is 1. The smallest absolute Gasteiger partial charge is 0.237 e. The van der Waals surface area contributed by atoms with Crippen LogP contribution in [0.4, 0.5) is 0 Å². The number of pyridine rings is 1. The maximum atomic E-state index is 5.61. The summed E-state index contributed by atoms with van der Waals surface area (Å²) >= 11 is 0. The Kier molecular flexibility index (Phi) is 4.80. The molecule has 20 heavy (non-hydrogen) atoms. The summed E-state index contributed by atoms with van der Waals surface area (Å²) < 4.78 is 10.2. The minimum atomic E-state index is -0.214. The first-order chi connectivity index (χ1) is 9.78. The average molecular weight is 275 g/mol. The molecule has 1 atom stereocenters. The normalized spacial score (nSPS) is 11.9. The fraction of sp³-hybridized carbons (Fsp3) is 0.308. The summed E-state index contributed by atoms with van der Waals surface area (Å²) in [4.78, 5) is 12.6. The molecule has 0 aliphatic heterocycles. The van der Waals surface area contributed by atoms with Gasteiger partial charge in [-0.3, -0.25) is 16.3 Å². The Hall–Kier alpha value is -2.25. The molecule has 2 aromatic heterocycles. The first-order valence-corrected chi connectivity index (χ1v) is 6.08. The molecule has 7 heteroatoms. The van der Waals surface area contributed by atoms with Crippen molar-refractivity contribution in [2.75, 3.05) is 14.2 Å². The summed E-state index contributed by atoms with van der Waals surface area (Å²) in [6.07, 6.45) is 5.54. The van der Waals surface area contributed by atoms with Crippen molar-refractivity contribution in [1.29, 1.82) is 0 Å². The third kappa shape index (κ3) is 3.19. The minimum absolute atomic E-state index is 0.214. The number of aromatic nitrogens is 3. The van der Waals surface area contributed by atoms with Crippen molar-refractivity contribution in [1.82, 2.24) is 20.4 Å². The topological polar surface area (TPSA) is 95.2 Å². The molecule has 0 fully saturated rings. The highest BCUT2D eigenvalue weighted by atomic mass is 16.5. The number of nitrogens with zero attached hydrogens (tertiary/aromatic N) is 3. The molecule has 1 unspecified atom stereocenters. The van der Waals surface area contributed by atoms with E-state index in [1.165, 1.54) is 0 Å². The van der Waals surface area contributed by atoms with Gasteiger partial charge < -0.3 is 9.47 Å². The van der Waals surface area contributed by atoms with Crippen LogP contribution in [-0.2, 0) is 6.42 Å². The number of ether oxygens (including phenoxy) is 2. The maximum Gasteiger partial charge on any atom is 0.237 e. The molecule has 0 radical (unpaired) electrons. The predicted molar refractivity (Wildman–Crippen MR) is 73.1 cm³/mol. The molecule has 2 heterocycles. The Bertz CT molecular complexity index is 547. The monoisotopic (exact) mass is 275 g/mol. The van der Waals surface area contributed by atoms with Crippen molar-refractivity contribution in [3.05, 3.63) is 42.0 Å². The second kappa shape index (κ2) is 6.78. The van der Waals surface area contributed by atoms with Gasteiger partial charge in [-0.1, -0.05) is 6.07 Å². The summed E-state index contributed by atoms with van der Waals surface area (Å²) in [5.41, 5.74) is 4.39. The van der Waals surface area contributed by atoms with Crippen LogP contribution in [0.2, 0.25) is 0 Å². The molecule has 0 amide bonds. The van der Waals surface area contributed by atoms with Crippen molar-refractivity contribution in [3.8, 4) is 11.8 Å². The van der Waals surface area contributed by atoms with Crippen LogP contribution in [0.15, 0.2) is 30.7 Å². The zero-order valence-corrected chi connectivity index (χ0v) is 11.4. The highest BCUT2D eigenvalue weighted by Gasteiger charge is 2.18. The highest BCUT2D eigenvalue weighted by Crippen LogP contribution is 2.22. The molecule has 0 aromatic carbocycles. The van der Waals surface area contributed by atoms with Gasteiger partial charge in [0.1, 0.15) is 5.69 Å². The van der Waals surface area contributed by atoms with Crippen molar-refractivity contribution < 1.29 is 9.47 Å². The summed E-state index contributed by atoms with van der Waals surface area (Å²) in [6, 6.07) is 3.52. The van der Waals surface area contributed by atoms with Gasteiger partial charge in [0, 0.05) is 24.7 Å². The molecule has 3 N–H and O–H groups in total. The SMILES string of the molecule is COc1ccc(CC(NN)c2nccnc2OC)cn1. The standard InChI is InChI=1S/C13H17N5O2/c1-19-11-4-3-9(8-17-11)7-10(18-14)12-13(20-2)16-6-5-15-12/h3-6,8,10,18H,7,14H2,1-2H3. The Morgan fingerprint density at radius 2 is 1.95 bits per heavy atom. The summed E-state index contributed by atoms with van der Waals surface area (Å²) in [7, 11) is 3.13. The van der Waals surface area contributed by atoms with Crippen molar-refractivity contribution in [2.24, 2.45) is 5.84 Å². The Labute approximate surface area is 117 Å². The molecule has 0 spiro atoms. The van der Waals surface area contributed by atoms with E-state index in [0.29, 0.717) is 23.9 Å². The lowest BCUT2D eigenvalue weighted by Crippen LogP contribution is -2.30. The highest BCUT2D eigenvalue weighted by molar-refractivity contribution is 5.25. The largest absolute Gasteiger partial charge is 0.481 e. The molecular weight excluding hydrogens is 258 g/mol. The zero-order valence-electron chi connectivity index (χ0n) is 11.4. The molecule has 106 valence electrons. The molecule has 0 aliphatic rings. The number of rotatable bonds is 6. The van der Waals surface area contributed by atoms with E-state index in [9.17, 15) is 0 Å². The maximum absolute atomic E-state index is 5.61. The third-order valence-corrected chi connectivity index (χ3v) is 2.86. The van der Waals surface area contributed by atoms with E-state index < -0.39 is 0 Å². The van der Waals surface area contributed by atoms with Crippen molar-refractivity contribution in [2.45, 2.75) is 12.5 Å². The van der Waals surface area contributed by atoms with Crippen LogP contribution >= 0.6 is 0 Å². The van der Waals surface area contributed by atoms with Gasteiger partial charge in [0.2, 0.25) is 11.8 Å². The minimum Gasteiger partial charge on any atom is -0.481 e. The van der Waals surface area contributed by atoms with Crippen LogP contribution in [0.1, 0.15) is 17.3 Å². The van der Waals surface area contributed by atoms with Gasteiger partial charge in [0.25, 0.3) is 0 Å². The van der Waals surface area contributed by atoms with Gasteiger partial charge in [-0.25, -0.2) is 9.97 Å². The quantitative estimate of drug-likeness (QED) is 0.590. The van der Waals surface area contributed by atoms with E-state index in [2.05, 4.69) is 20.4 Å². The number of hydrazine groups is 1. The van der Waals surface area contributed by atoms with Crippen LogP contribution in [0.25, 0.3) is 0 Å². The zero-order chi connectivity index (χ0) is 14.4. The molecule has 0 saturated carbocycles. The third-order valence-electron chi connectivity index (χ3n) is 2.86. The lowest BCUT2D eigenvalue weighted by Gasteiger charge is -2.17. The number of hydrogen-bond acceptors (Lipinski definition) is 7. The lowest BCUT2D eigenvalue weighted by molar-refractivity contribution is 0.376. The summed E-state index contributed by atoms with van der Waals surface area (Å²) in [5.74, 6) is 6.64. The van der Waals surface area contributed by atoms with Gasteiger partial charge in [-0.15, -0.1) is 0 Å². The Morgan fingerprint density at radius 1 is 1.15 bits per heavy atom. The predicted octanol–water partition coefficient (Wildman–Crippen LogP) is 0.636. The van der Waals surface area contributed by atoms with Gasteiger partial charge in [0.05, 0.1) is 20.3 Å². The first-order valence-electron chi connectivity index (χ1n) is 6.08. The second-order valence-corrected chi connectivity index (χ2v) is 4.08. The second-order valence-electron chi connectivity index (χ2n) is 4.08. The van der Waals surface area contributed by atoms with Crippen LogP contribution in [-0.4, -0.2) is 29.2 Å². The Morgan fingerprint density at radius 3 is 2.55 bits per heavy atom. The van der Waals surface area contributed by atoms with E-state index in [4.69, 9.17) is 15.3 Å². The van der Waals surface area contributed by atoms with Crippen molar-refractivity contribution >= 4 is 0 Å². The fourth-order valence-electron chi connectivity index (χ4n) is 1.85. The lowest BCUT2D eigenvalue weighted by atomic mass is 10.1. The van der Waals surface area contributed by atoms with Crippen LogP contribution in [0, 0.1) is 0 Å². The van der Waals surface area contributed by atoms with E-state index in [1.807, 2.05) is 6.07 Å². The van der Waals surface area contributed by atoms with Crippen LogP contribution in [0.5, 0.6) is 11.8 Å². The molecule has 2 rings (SSSR count). The van der Waals surface area contributed by atoms with Gasteiger partial charge >= 0.3 is 0 Å². The molecule has 7 nitrogen and oxygen atoms in total. The van der Waals surface area contributed by atoms with Gasteiger partial charge in [-0.2, -0.15) is 0 Å². The van der Waals surface area contributed by atoms with Gasteiger partial charge in [0.15, 0.2) is 0 Å². The number of hydrogen-bond donors (Lipinski definition) is 2. The average Bonchev–Trinajstić information content (AvgIpc) is 2.53. The Balaban J connectivity index is 2.19. The van der Waals surface area contributed by atoms with Gasteiger partial charge in [-0.05, 0) is 12.0 Å². The molecule has 2 aromatic rings. The van der Waals surface area contributed by atoms with E-state index >= 15 is 0 Å². The van der Waals surface area contributed by atoms with Crippen LogP contribution < -0.4 is 20.7 Å². The molecular formula is C13H17N5O2.